The molecule has 0 radical (unpaired) electrons. The molecule has 0 aliphatic carbocycles. The largest absolute Gasteiger partial charge is 0.480 e. The lowest BCUT2D eigenvalue weighted by molar-refractivity contribution is -0.138. The van der Waals surface area contributed by atoms with Crippen molar-refractivity contribution in [2.75, 3.05) is 44.7 Å². The van der Waals surface area contributed by atoms with Gasteiger partial charge in [0, 0.05) is 96.2 Å². The predicted molar refractivity (Wildman–Crippen MR) is 227 cm³/mol. The lowest BCUT2D eigenvalue weighted by atomic mass is 10.1. The van der Waals surface area contributed by atoms with Crippen LogP contribution in [0.5, 0.6) is 0 Å². The Morgan fingerprint density at radius 1 is 0.885 bits per heavy atom. The Hall–Kier alpha value is -6.12. The number of amides is 4. The summed E-state index contributed by atoms with van der Waals surface area (Å²) in [6.45, 7) is 8.50. The van der Waals surface area contributed by atoms with E-state index in [1.807, 2.05) is 6.92 Å². The van der Waals surface area contributed by atoms with Crippen molar-refractivity contribution in [3.8, 4) is 0 Å². The summed E-state index contributed by atoms with van der Waals surface area (Å²) < 4.78 is 36.0. The van der Waals surface area contributed by atoms with E-state index in [0.29, 0.717) is 74.7 Å². The number of carbonyl (C=O) groups is 5. The molecule has 4 amide bonds. The second kappa shape index (κ2) is 23.0. The van der Waals surface area contributed by atoms with Gasteiger partial charge in [0.1, 0.15) is 11.6 Å². The molecular formula is C41H55N9O10S. The molecule has 8 N–H and O–H groups in total. The molecule has 0 saturated heterocycles. The molecule has 0 spiro atoms. The first-order valence-corrected chi connectivity index (χ1v) is 21.4. The number of rotatable bonds is 25. The molecule has 0 aliphatic heterocycles. The summed E-state index contributed by atoms with van der Waals surface area (Å²) in [7, 11) is -4.32. The highest BCUT2D eigenvalue weighted by molar-refractivity contribution is 7.89. The zero-order valence-electron chi connectivity index (χ0n) is 34.8. The standard InChI is InChI=1S/C41H55N9O10S/c1-26-20-27(2)38(28(3)21-26)61(58,59)49-33(40(56)57)24-47-39(55)32-25-50(34-22-30(8-9-31(34)37(32)54)23-48-41-45-15-16-46-41)17-5-12-43-35(52)10-11-36(53)44-14-7-19-60-18-6-13-42-29(4)51/h8-9,15-16,20-22,25,33,49H,5-7,10-14,17-19,23-24H2,1-4H3,(H,42,51)(H,43,52)(H,44,53)(H,47,55)(H,56,57)(H2,45,46,48)/t33-/m0/s1. The number of aliphatic carboxylic acids is 1. The van der Waals surface area contributed by atoms with Crippen molar-refractivity contribution in [2.24, 2.45) is 0 Å². The highest BCUT2D eigenvalue weighted by atomic mass is 32.2. The zero-order chi connectivity index (χ0) is 44.5. The van der Waals surface area contributed by atoms with Gasteiger partial charge in [0.05, 0.1) is 10.4 Å². The normalized spacial score (nSPS) is 11.8. The van der Waals surface area contributed by atoms with Crippen molar-refractivity contribution >= 4 is 56.5 Å². The van der Waals surface area contributed by atoms with Crippen molar-refractivity contribution in [1.29, 1.82) is 0 Å². The Labute approximate surface area is 353 Å². The summed E-state index contributed by atoms with van der Waals surface area (Å²) in [5, 5.41) is 23.9. The molecule has 4 rings (SSSR count). The molecule has 330 valence electrons. The molecular weight excluding hydrogens is 811 g/mol. The molecule has 0 aliphatic rings. The van der Waals surface area contributed by atoms with Crippen LogP contribution < -0.4 is 36.7 Å². The number of pyridine rings is 1. The third kappa shape index (κ3) is 14.8. The Bertz CT molecular complexity index is 2320. The van der Waals surface area contributed by atoms with Gasteiger partial charge in [-0.05, 0) is 68.9 Å². The first kappa shape index (κ1) is 47.6. The van der Waals surface area contributed by atoms with Gasteiger partial charge in [-0.15, -0.1) is 0 Å². The van der Waals surface area contributed by atoms with Gasteiger partial charge in [0.15, 0.2) is 5.95 Å². The number of sulfonamides is 1. The van der Waals surface area contributed by atoms with Gasteiger partial charge < -0.3 is 46.0 Å². The summed E-state index contributed by atoms with van der Waals surface area (Å²) in [5.74, 6) is -2.59. The van der Waals surface area contributed by atoms with Crippen LogP contribution in [0.25, 0.3) is 10.9 Å². The van der Waals surface area contributed by atoms with Crippen molar-refractivity contribution < 1.29 is 42.2 Å². The fourth-order valence-electron chi connectivity index (χ4n) is 6.57. The highest BCUT2D eigenvalue weighted by Gasteiger charge is 2.29. The minimum atomic E-state index is -4.32. The Morgan fingerprint density at radius 2 is 1.52 bits per heavy atom. The van der Waals surface area contributed by atoms with Crippen LogP contribution >= 0.6 is 0 Å². The Balaban J connectivity index is 1.38. The summed E-state index contributed by atoms with van der Waals surface area (Å²) in [6, 6.07) is 6.67. The molecule has 1 atom stereocenters. The fraction of sp³-hybridized carbons (Fsp3) is 0.439. The molecule has 0 fully saturated rings. The van der Waals surface area contributed by atoms with Crippen LogP contribution in [0, 0.1) is 20.8 Å². The zero-order valence-corrected chi connectivity index (χ0v) is 35.6. The van der Waals surface area contributed by atoms with Gasteiger partial charge in [0.2, 0.25) is 33.2 Å². The number of fused-ring (bicyclic) bond motifs is 1. The number of ether oxygens (including phenoxy) is 1. The van der Waals surface area contributed by atoms with Crippen LogP contribution in [0.15, 0.2) is 58.6 Å². The van der Waals surface area contributed by atoms with Crippen molar-refractivity contribution in [1.82, 2.24) is 40.5 Å². The highest BCUT2D eigenvalue weighted by Crippen LogP contribution is 2.22. The van der Waals surface area contributed by atoms with Crippen LogP contribution in [0.4, 0.5) is 5.95 Å². The van der Waals surface area contributed by atoms with Crippen molar-refractivity contribution in [3.63, 3.8) is 0 Å². The number of hydrogen-bond acceptors (Lipinski definition) is 11. The average molecular weight is 866 g/mol. The lowest BCUT2D eigenvalue weighted by Crippen LogP contribution is -2.49. The SMILES string of the molecule is CC(=O)NCCCOCCCNC(=O)CCC(=O)NCCCn1cc(C(=O)NC[C@H](NS(=O)(=O)c2c(C)cc(C)cc2C)C(=O)O)c(=O)c2ccc(CNc3ncc[nH]3)cc21. The van der Waals surface area contributed by atoms with Gasteiger partial charge in [-0.3, -0.25) is 28.8 Å². The van der Waals surface area contributed by atoms with E-state index in [1.165, 1.54) is 13.1 Å². The number of hydrogen-bond donors (Lipinski definition) is 8. The number of aromatic amines is 1. The number of nitrogens with one attached hydrogen (secondary N) is 7. The van der Waals surface area contributed by atoms with Crippen LogP contribution in [0.1, 0.15) is 71.6 Å². The second-order valence-corrected chi connectivity index (χ2v) is 16.2. The summed E-state index contributed by atoms with van der Waals surface area (Å²) in [6.07, 6.45) is 6.25. The van der Waals surface area contributed by atoms with Gasteiger partial charge in [-0.1, -0.05) is 23.8 Å². The Morgan fingerprint density at radius 3 is 2.13 bits per heavy atom. The van der Waals surface area contributed by atoms with E-state index >= 15 is 0 Å². The number of anilines is 1. The monoisotopic (exact) mass is 865 g/mol. The summed E-state index contributed by atoms with van der Waals surface area (Å²) in [4.78, 5) is 82.2. The maximum absolute atomic E-state index is 13.7. The van der Waals surface area contributed by atoms with Gasteiger partial charge in [0.25, 0.3) is 5.91 Å². The Kier molecular flexibility index (Phi) is 18.0. The lowest BCUT2D eigenvalue weighted by Gasteiger charge is -2.19. The predicted octanol–water partition coefficient (Wildman–Crippen LogP) is 1.76. The van der Waals surface area contributed by atoms with Crippen molar-refractivity contribution in [2.45, 2.75) is 83.8 Å². The van der Waals surface area contributed by atoms with E-state index in [1.54, 1.807) is 61.1 Å². The van der Waals surface area contributed by atoms with Crippen molar-refractivity contribution in [3.05, 3.63) is 87.0 Å². The van der Waals surface area contributed by atoms with E-state index in [9.17, 15) is 42.3 Å². The quantitative estimate of drug-likeness (QED) is 0.0443. The minimum Gasteiger partial charge on any atom is -0.480 e. The van der Waals surface area contributed by atoms with E-state index in [2.05, 4.69) is 41.3 Å². The summed E-state index contributed by atoms with van der Waals surface area (Å²) in [5.41, 5.74) is 2.07. The topological polar surface area (TPSA) is 272 Å². The number of aromatic nitrogens is 3. The van der Waals surface area contributed by atoms with E-state index in [0.717, 1.165) is 11.1 Å². The molecule has 0 bridgehead atoms. The van der Waals surface area contributed by atoms with Gasteiger partial charge in [-0.25, -0.2) is 13.4 Å². The molecule has 2 aromatic carbocycles. The molecule has 19 nitrogen and oxygen atoms in total. The number of aryl methyl sites for hydroxylation is 4. The van der Waals surface area contributed by atoms with Crippen LogP contribution in [-0.4, -0.2) is 103 Å². The number of H-pyrrole nitrogens is 1. The third-order valence-electron chi connectivity index (χ3n) is 9.39. The molecule has 2 aromatic heterocycles. The van der Waals surface area contributed by atoms with Crippen LogP contribution in [-0.2, 0) is 47.0 Å². The first-order valence-electron chi connectivity index (χ1n) is 19.9. The molecule has 0 unspecified atom stereocenters. The smallest absolute Gasteiger partial charge is 0.323 e. The molecule has 2 heterocycles. The van der Waals surface area contributed by atoms with E-state index in [-0.39, 0.29) is 59.5 Å². The number of carboxylic acids is 1. The second-order valence-electron chi connectivity index (χ2n) is 14.5. The molecule has 0 saturated carbocycles. The van der Waals surface area contributed by atoms with Gasteiger partial charge in [-0.2, -0.15) is 4.72 Å². The summed E-state index contributed by atoms with van der Waals surface area (Å²) >= 11 is 0. The molecule has 20 heteroatoms. The number of imidazole rings is 1. The maximum atomic E-state index is 13.7. The fourth-order valence-corrected chi connectivity index (χ4v) is 8.21. The average Bonchev–Trinajstić information content (AvgIpc) is 3.72. The van der Waals surface area contributed by atoms with Gasteiger partial charge >= 0.3 is 5.97 Å². The van der Waals surface area contributed by atoms with E-state index in [4.69, 9.17) is 4.74 Å². The van der Waals surface area contributed by atoms with Crippen LogP contribution in [0.3, 0.4) is 0 Å². The first-order chi connectivity index (χ1) is 29.0. The maximum Gasteiger partial charge on any atom is 0.323 e. The van der Waals surface area contributed by atoms with E-state index < -0.39 is 39.9 Å². The van der Waals surface area contributed by atoms with Crippen LogP contribution in [0.2, 0.25) is 0 Å². The number of carboxylic acid groups (broad SMARTS) is 1. The number of nitrogens with zero attached hydrogens (tertiary/aromatic N) is 2. The number of benzene rings is 2. The minimum absolute atomic E-state index is 0.00351. The number of carbonyl (C=O) groups excluding carboxylic acids is 4. The third-order valence-corrected chi connectivity index (χ3v) is 11.2. The molecule has 4 aromatic rings. The molecule has 61 heavy (non-hydrogen) atoms.